The van der Waals surface area contributed by atoms with Crippen LogP contribution in [0.1, 0.15) is 58.4 Å². The van der Waals surface area contributed by atoms with E-state index in [-0.39, 0.29) is 11.8 Å². The Hall–Kier alpha value is -1.51. The summed E-state index contributed by atoms with van der Waals surface area (Å²) in [5.41, 5.74) is 7.65. The number of hydrogen-bond donors (Lipinski definition) is 1. The third-order valence-electron chi connectivity index (χ3n) is 4.35. The summed E-state index contributed by atoms with van der Waals surface area (Å²) in [5, 5.41) is 0. The van der Waals surface area contributed by atoms with E-state index in [2.05, 4.69) is 27.7 Å². The first-order chi connectivity index (χ1) is 10.0. The summed E-state index contributed by atoms with van der Waals surface area (Å²) in [6.07, 6.45) is 2.83. The first-order valence-electron chi connectivity index (χ1n) is 8.14. The molecule has 0 saturated carbocycles. The molecule has 0 saturated heterocycles. The van der Waals surface area contributed by atoms with Gasteiger partial charge in [0.2, 0.25) is 5.91 Å². The van der Waals surface area contributed by atoms with E-state index in [4.69, 9.17) is 5.73 Å². The van der Waals surface area contributed by atoms with E-state index in [1.54, 1.807) is 0 Å². The van der Waals surface area contributed by atoms with Gasteiger partial charge in [-0.15, -0.1) is 0 Å². The van der Waals surface area contributed by atoms with Crippen molar-refractivity contribution in [2.45, 2.75) is 52.9 Å². The molecule has 0 aromatic heterocycles. The van der Waals surface area contributed by atoms with Gasteiger partial charge in [0.15, 0.2) is 0 Å². The van der Waals surface area contributed by atoms with Crippen LogP contribution in [0, 0.1) is 5.92 Å². The molecule has 1 aromatic rings. The van der Waals surface area contributed by atoms with Gasteiger partial charge in [-0.2, -0.15) is 0 Å². The van der Waals surface area contributed by atoms with Crippen molar-refractivity contribution in [3.8, 4) is 0 Å². The van der Waals surface area contributed by atoms with Crippen LogP contribution in [0.5, 0.6) is 0 Å². The van der Waals surface area contributed by atoms with Gasteiger partial charge in [0.1, 0.15) is 0 Å². The molecular weight excluding hydrogens is 260 g/mol. The zero-order valence-corrected chi connectivity index (χ0v) is 13.9. The summed E-state index contributed by atoms with van der Waals surface area (Å²) in [6.45, 7) is 10.2. The third-order valence-corrected chi connectivity index (χ3v) is 4.35. The van der Waals surface area contributed by atoms with Crippen molar-refractivity contribution in [2.75, 3.05) is 18.8 Å². The van der Waals surface area contributed by atoms with Crippen molar-refractivity contribution in [3.63, 3.8) is 0 Å². The maximum absolute atomic E-state index is 12.5. The van der Waals surface area contributed by atoms with E-state index in [1.807, 2.05) is 29.2 Å². The summed E-state index contributed by atoms with van der Waals surface area (Å²) in [7, 11) is 0. The minimum absolute atomic E-state index is 0.230. The van der Waals surface area contributed by atoms with Gasteiger partial charge in [-0.1, -0.05) is 45.7 Å². The summed E-state index contributed by atoms with van der Waals surface area (Å²) in [6, 6.07) is 7.84. The molecule has 0 heterocycles. The Labute approximate surface area is 129 Å². The fourth-order valence-corrected chi connectivity index (χ4v) is 2.60. The minimum atomic E-state index is 0.230. The van der Waals surface area contributed by atoms with Gasteiger partial charge < -0.3 is 10.6 Å². The summed E-state index contributed by atoms with van der Waals surface area (Å²) >= 11 is 0. The maximum Gasteiger partial charge on any atom is 0.223 e. The van der Waals surface area contributed by atoms with Gasteiger partial charge in [0.05, 0.1) is 0 Å². The average Bonchev–Trinajstić information content (AvgIpc) is 2.49. The van der Waals surface area contributed by atoms with Crippen molar-refractivity contribution < 1.29 is 4.79 Å². The fourth-order valence-electron chi connectivity index (χ4n) is 2.60. The van der Waals surface area contributed by atoms with Crippen molar-refractivity contribution >= 4 is 11.6 Å². The Morgan fingerprint density at radius 1 is 1.14 bits per heavy atom. The molecule has 0 spiro atoms. The molecule has 3 nitrogen and oxygen atoms in total. The number of anilines is 1. The van der Waals surface area contributed by atoms with Crippen LogP contribution in [0.3, 0.4) is 0 Å². The highest BCUT2D eigenvalue weighted by Crippen LogP contribution is 2.21. The van der Waals surface area contributed by atoms with Crippen LogP contribution in [-0.4, -0.2) is 23.9 Å². The number of rotatable bonds is 8. The van der Waals surface area contributed by atoms with Crippen LogP contribution in [0.15, 0.2) is 24.3 Å². The lowest BCUT2D eigenvalue weighted by atomic mass is 9.96. The van der Waals surface area contributed by atoms with Crippen LogP contribution in [0.2, 0.25) is 0 Å². The lowest BCUT2D eigenvalue weighted by Crippen LogP contribution is -2.35. The summed E-state index contributed by atoms with van der Waals surface area (Å²) in [5.74, 6) is 1.10. The van der Waals surface area contributed by atoms with Crippen LogP contribution in [-0.2, 0) is 4.79 Å². The Morgan fingerprint density at radius 2 is 1.71 bits per heavy atom. The first-order valence-corrected chi connectivity index (χ1v) is 8.14. The average molecular weight is 290 g/mol. The molecule has 3 heteroatoms. The van der Waals surface area contributed by atoms with E-state index >= 15 is 0 Å². The van der Waals surface area contributed by atoms with Crippen LogP contribution in [0.4, 0.5) is 5.69 Å². The molecule has 118 valence electrons. The Kier molecular flexibility index (Phi) is 7.27. The molecule has 0 fully saturated rings. The molecule has 1 rings (SSSR count). The number of carbonyl (C=O) groups is 1. The van der Waals surface area contributed by atoms with Crippen LogP contribution < -0.4 is 5.73 Å². The zero-order chi connectivity index (χ0) is 15.8. The molecule has 0 aliphatic heterocycles. The Bertz CT molecular complexity index is 423. The first kappa shape index (κ1) is 17.5. The Balaban J connectivity index is 2.62. The quantitative estimate of drug-likeness (QED) is 0.734. The second-order valence-corrected chi connectivity index (χ2v) is 5.89. The topological polar surface area (TPSA) is 46.3 Å². The second-order valence-electron chi connectivity index (χ2n) is 5.89. The van der Waals surface area contributed by atoms with Gasteiger partial charge >= 0.3 is 0 Å². The van der Waals surface area contributed by atoms with Crippen molar-refractivity contribution in [3.05, 3.63) is 29.8 Å². The fraction of sp³-hybridized carbons (Fsp3) is 0.611. The number of carbonyl (C=O) groups excluding carboxylic acids is 1. The molecule has 0 aliphatic rings. The van der Waals surface area contributed by atoms with E-state index < -0.39 is 0 Å². The van der Waals surface area contributed by atoms with Gasteiger partial charge in [-0.25, -0.2) is 0 Å². The predicted molar refractivity (Wildman–Crippen MR) is 90.2 cm³/mol. The third kappa shape index (κ3) is 5.41. The van der Waals surface area contributed by atoms with Crippen LogP contribution in [0.25, 0.3) is 0 Å². The molecule has 1 amide bonds. The molecular formula is C18H30N2O. The van der Waals surface area contributed by atoms with Crippen molar-refractivity contribution in [1.29, 1.82) is 0 Å². The smallest absolute Gasteiger partial charge is 0.223 e. The Morgan fingerprint density at radius 3 is 2.19 bits per heavy atom. The highest BCUT2D eigenvalue weighted by atomic mass is 16.2. The number of hydrogen-bond acceptors (Lipinski definition) is 2. The monoisotopic (exact) mass is 290 g/mol. The highest BCUT2D eigenvalue weighted by molar-refractivity contribution is 5.77. The molecule has 0 bridgehead atoms. The minimum Gasteiger partial charge on any atom is -0.399 e. The summed E-state index contributed by atoms with van der Waals surface area (Å²) < 4.78 is 0. The molecule has 0 radical (unpaired) electrons. The number of nitrogen functional groups attached to an aromatic ring is 1. The number of nitrogens with zero attached hydrogens (tertiary/aromatic N) is 1. The molecule has 0 aliphatic carbocycles. The van der Waals surface area contributed by atoms with Gasteiger partial charge in [0.25, 0.3) is 0 Å². The standard InChI is InChI=1S/C18H30N2O/c1-5-15(6-2)13-20(7-3)18(21)12-14(4)16-8-10-17(19)11-9-16/h8-11,14-15H,5-7,12-13,19H2,1-4H3. The van der Waals surface area contributed by atoms with E-state index in [0.717, 1.165) is 31.6 Å². The van der Waals surface area contributed by atoms with Gasteiger partial charge in [-0.05, 0) is 36.5 Å². The maximum atomic E-state index is 12.5. The molecule has 1 atom stereocenters. The van der Waals surface area contributed by atoms with E-state index in [1.165, 1.54) is 5.56 Å². The molecule has 21 heavy (non-hydrogen) atoms. The molecule has 2 N–H and O–H groups in total. The van der Waals surface area contributed by atoms with E-state index in [9.17, 15) is 4.79 Å². The number of benzene rings is 1. The van der Waals surface area contributed by atoms with Crippen LogP contribution >= 0.6 is 0 Å². The zero-order valence-electron chi connectivity index (χ0n) is 13.9. The van der Waals surface area contributed by atoms with Gasteiger partial charge in [0, 0.05) is 25.2 Å². The van der Waals surface area contributed by atoms with Crippen molar-refractivity contribution in [2.24, 2.45) is 5.92 Å². The number of amides is 1. The van der Waals surface area contributed by atoms with E-state index in [0.29, 0.717) is 12.3 Å². The summed E-state index contributed by atoms with van der Waals surface area (Å²) in [4.78, 5) is 14.5. The molecule has 1 aromatic carbocycles. The SMILES string of the molecule is CCC(CC)CN(CC)C(=O)CC(C)c1ccc(N)cc1. The largest absolute Gasteiger partial charge is 0.399 e. The normalized spacial score (nSPS) is 12.4. The predicted octanol–water partition coefficient (Wildman–Crippen LogP) is 4.05. The second kappa shape index (κ2) is 8.71. The lowest BCUT2D eigenvalue weighted by molar-refractivity contribution is -0.132. The number of nitrogens with two attached hydrogens (primary N) is 1. The van der Waals surface area contributed by atoms with Gasteiger partial charge in [-0.3, -0.25) is 4.79 Å². The highest BCUT2D eigenvalue weighted by Gasteiger charge is 2.18. The van der Waals surface area contributed by atoms with Crippen molar-refractivity contribution in [1.82, 2.24) is 4.90 Å². The molecule has 1 unspecified atom stereocenters. The lowest BCUT2D eigenvalue weighted by Gasteiger charge is -2.26.